The van der Waals surface area contributed by atoms with Gasteiger partial charge in [0.25, 0.3) is 0 Å². The first-order valence-corrected chi connectivity index (χ1v) is 8.82. The number of methoxy groups -OCH3 is 2. The minimum Gasteiger partial charge on any atom is -0.496 e. The van der Waals surface area contributed by atoms with E-state index in [-0.39, 0.29) is 18.8 Å². The Morgan fingerprint density at radius 1 is 1.07 bits per heavy atom. The normalized spacial score (nSPS) is 11.0. The summed E-state index contributed by atoms with van der Waals surface area (Å²) in [5.74, 6) is -0.148. The van der Waals surface area contributed by atoms with Gasteiger partial charge in [0.15, 0.2) is 0 Å². The van der Waals surface area contributed by atoms with Crippen LogP contribution in [0.4, 0.5) is 5.69 Å². The molecule has 0 amide bonds. The van der Waals surface area contributed by atoms with Crippen molar-refractivity contribution in [3.8, 4) is 11.8 Å². The van der Waals surface area contributed by atoms with Gasteiger partial charge < -0.3 is 28.6 Å². The van der Waals surface area contributed by atoms with Crippen molar-refractivity contribution in [1.82, 2.24) is 0 Å². The van der Waals surface area contributed by atoms with E-state index in [4.69, 9.17) is 23.7 Å². The van der Waals surface area contributed by atoms with Crippen LogP contribution in [0.1, 0.15) is 5.56 Å². The van der Waals surface area contributed by atoms with E-state index in [1.165, 1.54) is 13.2 Å². The Bertz CT molecular complexity index is 682. The van der Waals surface area contributed by atoms with E-state index in [9.17, 15) is 10.1 Å². The molecule has 0 atom stereocenters. The number of ether oxygens (including phenoxy) is 5. The quantitative estimate of drug-likeness (QED) is 0.218. The number of carbonyl (C=O) groups excluding carboxylic acids is 1. The van der Waals surface area contributed by atoms with Crippen LogP contribution in [0.3, 0.4) is 0 Å². The van der Waals surface area contributed by atoms with Crippen LogP contribution in [-0.2, 0) is 23.7 Å². The van der Waals surface area contributed by atoms with Gasteiger partial charge in [-0.1, -0.05) is 0 Å². The van der Waals surface area contributed by atoms with E-state index < -0.39 is 5.97 Å². The molecule has 1 aromatic rings. The lowest BCUT2D eigenvalue weighted by atomic mass is 10.1. The summed E-state index contributed by atoms with van der Waals surface area (Å²) in [6.45, 7) is 2.13. The highest BCUT2D eigenvalue weighted by molar-refractivity contribution is 5.98. The molecule has 0 N–H and O–H groups in total. The summed E-state index contributed by atoms with van der Waals surface area (Å²) in [6.07, 6.45) is 1.45. The van der Waals surface area contributed by atoms with Gasteiger partial charge in [0.05, 0.1) is 40.1 Å². The lowest BCUT2D eigenvalue weighted by Gasteiger charge is -2.15. The molecule has 8 heteroatoms. The maximum absolute atomic E-state index is 12.1. The first kappa shape index (κ1) is 23.4. The fourth-order valence-electron chi connectivity index (χ4n) is 2.12. The summed E-state index contributed by atoms with van der Waals surface area (Å²) in [6, 6.07) is 7.35. The van der Waals surface area contributed by atoms with Gasteiger partial charge in [-0.15, -0.1) is 0 Å². The van der Waals surface area contributed by atoms with Crippen LogP contribution >= 0.6 is 0 Å². The second-order valence-electron chi connectivity index (χ2n) is 5.84. The Kier molecular flexibility index (Phi) is 11.3. The minimum absolute atomic E-state index is 0.0482. The van der Waals surface area contributed by atoms with Gasteiger partial charge in [-0.2, -0.15) is 5.26 Å². The highest BCUT2D eigenvalue weighted by Gasteiger charge is 2.13. The van der Waals surface area contributed by atoms with Crippen LogP contribution in [0.5, 0.6) is 5.75 Å². The molecule has 0 unspecified atom stereocenters. The molecule has 0 heterocycles. The zero-order valence-electron chi connectivity index (χ0n) is 16.9. The Morgan fingerprint density at radius 2 is 1.71 bits per heavy atom. The van der Waals surface area contributed by atoms with E-state index in [0.717, 1.165) is 5.69 Å². The zero-order chi connectivity index (χ0) is 20.8. The molecule has 154 valence electrons. The number of esters is 1. The van der Waals surface area contributed by atoms with Crippen LogP contribution in [-0.4, -0.2) is 73.9 Å². The zero-order valence-corrected chi connectivity index (χ0v) is 16.9. The third kappa shape index (κ3) is 8.39. The summed E-state index contributed by atoms with van der Waals surface area (Å²) < 4.78 is 25.8. The van der Waals surface area contributed by atoms with E-state index in [2.05, 4.69) is 0 Å². The topological polar surface area (TPSA) is 90.2 Å². The predicted octanol–water partition coefficient (Wildman–Crippen LogP) is 1.89. The van der Waals surface area contributed by atoms with Crippen LogP contribution in [0.25, 0.3) is 6.08 Å². The van der Waals surface area contributed by atoms with Crippen molar-refractivity contribution in [2.75, 3.05) is 72.9 Å². The molecule has 1 rings (SSSR count). The number of rotatable bonds is 13. The second kappa shape index (κ2) is 13.6. The van der Waals surface area contributed by atoms with E-state index in [1.54, 1.807) is 13.2 Å². The summed E-state index contributed by atoms with van der Waals surface area (Å²) in [5.41, 5.74) is 1.45. The SMILES string of the molecule is COCCOCCOCCOC(=O)/C(C#N)=C\c1ccc(N(C)C)cc1OC. The van der Waals surface area contributed by atoms with Gasteiger partial charge in [0.1, 0.15) is 24.0 Å². The molecule has 0 fully saturated rings. The number of carbonyl (C=O) groups is 1. The second-order valence-corrected chi connectivity index (χ2v) is 5.84. The third-order valence-electron chi connectivity index (χ3n) is 3.64. The maximum atomic E-state index is 12.1. The predicted molar refractivity (Wildman–Crippen MR) is 105 cm³/mol. The van der Waals surface area contributed by atoms with Crippen LogP contribution in [0.2, 0.25) is 0 Å². The first-order valence-electron chi connectivity index (χ1n) is 8.82. The third-order valence-corrected chi connectivity index (χ3v) is 3.64. The monoisotopic (exact) mass is 392 g/mol. The molecule has 0 aliphatic carbocycles. The highest BCUT2D eigenvalue weighted by Crippen LogP contribution is 2.26. The Morgan fingerprint density at radius 3 is 2.29 bits per heavy atom. The number of hydrogen-bond donors (Lipinski definition) is 0. The molecule has 0 saturated heterocycles. The van der Waals surface area contributed by atoms with Crippen LogP contribution in [0.15, 0.2) is 23.8 Å². The van der Waals surface area contributed by atoms with Crippen LogP contribution < -0.4 is 9.64 Å². The first-order chi connectivity index (χ1) is 13.5. The molecule has 1 aromatic carbocycles. The van der Waals surface area contributed by atoms with Crippen molar-refractivity contribution < 1.29 is 28.5 Å². The summed E-state index contributed by atoms with van der Waals surface area (Å²) in [5, 5.41) is 9.28. The molecule has 8 nitrogen and oxygen atoms in total. The van der Waals surface area contributed by atoms with Gasteiger partial charge in [-0.3, -0.25) is 0 Å². The molecule has 0 spiro atoms. The number of nitrogens with zero attached hydrogens (tertiary/aromatic N) is 2. The molecular formula is C20H28N2O6. The Labute approximate surface area is 166 Å². The fourth-order valence-corrected chi connectivity index (χ4v) is 2.12. The van der Waals surface area contributed by atoms with E-state index in [0.29, 0.717) is 37.7 Å². The summed E-state index contributed by atoms with van der Waals surface area (Å²) in [7, 11) is 6.96. The van der Waals surface area contributed by atoms with E-state index in [1.807, 2.05) is 37.2 Å². The Balaban J connectivity index is 2.52. The molecule has 0 aromatic heterocycles. The molecule has 0 saturated carbocycles. The maximum Gasteiger partial charge on any atom is 0.348 e. The molecule has 0 bridgehead atoms. The minimum atomic E-state index is -0.707. The van der Waals surface area contributed by atoms with Gasteiger partial charge in [-0.05, 0) is 18.2 Å². The lowest BCUT2D eigenvalue weighted by molar-refractivity contribution is -0.140. The number of nitriles is 1. The standard InChI is InChI=1S/C20H28N2O6/c1-22(2)18-6-5-16(19(14-18)25-4)13-17(15-21)20(23)28-12-11-27-10-9-26-8-7-24-3/h5-6,13-14H,7-12H2,1-4H3/b17-13-. The average molecular weight is 392 g/mol. The van der Waals surface area contributed by atoms with Crippen molar-refractivity contribution in [1.29, 1.82) is 5.26 Å². The smallest absolute Gasteiger partial charge is 0.348 e. The van der Waals surface area contributed by atoms with Crippen molar-refractivity contribution in [3.63, 3.8) is 0 Å². The van der Waals surface area contributed by atoms with Crippen molar-refractivity contribution >= 4 is 17.7 Å². The number of anilines is 1. The van der Waals surface area contributed by atoms with Crippen molar-refractivity contribution in [2.45, 2.75) is 0 Å². The van der Waals surface area contributed by atoms with Crippen molar-refractivity contribution in [2.24, 2.45) is 0 Å². The number of benzene rings is 1. The van der Waals surface area contributed by atoms with Crippen molar-refractivity contribution in [3.05, 3.63) is 29.3 Å². The van der Waals surface area contributed by atoms with Gasteiger partial charge in [-0.25, -0.2) is 4.79 Å². The highest BCUT2D eigenvalue weighted by atomic mass is 16.6. The molecule has 0 aliphatic heterocycles. The lowest BCUT2D eigenvalue weighted by Crippen LogP contribution is -2.14. The van der Waals surface area contributed by atoms with Crippen LogP contribution in [0, 0.1) is 11.3 Å². The average Bonchev–Trinajstić information content (AvgIpc) is 2.70. The number of hydrogen-bond acceptors (Lipinski definition) is 8. The fraction of sp³-hybridized carbons (Fsp3) is 0.500. The van der Waals surface area contributed by atoms with Gasteiger partial charge in [0, 0.05) is 38.5 Å². The summed E-state index contributed by atoms with van der Waals surface area (Å²) >= 11 is 0. The molecule has 0 aliphatic rings. The molecule has 28 heavy (non-hydrogen) atoms. The molecular weight excluding hydrogens is 364 g/mol. The summed E-state index contributed by atoms with van der Waals surface area (Å²) in [4.78, 5) is 14.0. The largest absolute Gasteiger partial charge is 0.496 e. The molecule has 0 radical (unpaired) electrons. The Hall–Kier alpha value is -2.60. The van der Waals surface area contributed by atoms with Gasteiger partial charge in [0.2, 0.25) is 0 Å². The van der Waals surface area contributed by atoms with Gasteiger partial charge >= 0.3 is 5.97 Å². The van der Waals surface area contributed by atoms with E-state index >= 15 is 0 Å².